The Hall–Kier alpha value is -0.610. The molecule has 17 heavy (non-hydrogen) atoms. The summed E-state index contributed by atoms with van der Waals surface area (Å²) in [5.41, 5.74) is 1.05. The molecule has 0 spiro atoms. The number of rotatable bonds is 5. The molecule has 1 saturated carbocycles. The summed E-state index contributed by atoms with van der Waals surface area (Å²) in [5, 5.41) is 4.35. The van der Waals surface area contributed by atoms with Gasteiger partial charge in [0, 0.05) is 23.7 Å². The lowest BCUT2D eigenvalue weighted by atomic mass is 10.0. The second-order valence-corrected chi connectivity index (χ2v) is 5.77. The highest BCUT2D eigenvalue weighted by atomic mass is 32.2. The van der Waals surface area contributed by atoms with E-state index < -0.39 is 0 Å². The molecule has 1 aliphatic rings. The minimum atomic E-state index is 0.731. The minimum absolute atomic E-state index is 0.731. The zero-order valence-electron chi connectivity index (χ0n) is 10.6. The van der Waals surface area contributed by atoms with Gasteiger partial charge in [-0.15, -0.1) is 0 Å². The molecule has 0 aromatic carbocycles. The monoisotopic (exact) mass is 251 g/mol. The summed E-state index contributed by atoms with van der Waals surface area (Å²) < 4.78 is 0. The molecule has 1 aromatic heterocycles. The number of hydrogen-bond acceptors (Lipinski definition) is 4. The first-order chi connectivity index (χ1) is 8.29. The van der Waals surface area contributed by atoms with Crippen LogP contribution in [0.25, 0.3) is 0 Å². The van der Waals surface area contributed by atoms with Crippen molar-refractivity contribution in [2.24, 2.45) is 5.92 Å². The van der Waals surface area contributed by atoms with Gasteiger partial charge in [-0.25, -0.2) is 9.97 Å². The Morgan fingerprint density at radius 1 is 1.47 bits per heavy atom. The fourth-order valence-corrected chi connectivity index (χ4v) is 3.51. The van der Waals surface area contributed by atoms with E-state index in [1.165, 1.54) is 25.7 Å². The Kier molecular flexibility index (Phi) is 4.80. The van der Waals surface area contributed by atoms with Crippen molar-refractivity contribution >= 4 is 11.8 Å². The molecule has 4 heteroatoms. The van der Waals surface area contributed by atoms with Crippen molar-refractivity contribution in [2.45, 2.75) is 43.8 Å². The van der Waals surface area contributed by atoms with Crippen LogP contribution in [0, 0.1) is 12.8 Å². The topological polar surface area (TPSA) is 37.8 Å². The summed E-state index contributed by atoms with van der Waals surface area (Å²) in [4.78, 5) is 8.69. The van der Waals surface area contributed by atoms with E-state index in [9.17, 15) is 0 Å². The highest BCUT2D eigenvalue weighted by Crippen LogP contribution is 2.30. The van der Waals surface area contributed by atoms with E-state index in [4.69, 9.17) is 0 Å². The van der Waals surface area contributed by atoms with Gasteiger partial charge in [-0.05, 0) is 45.2 Å². The summed E-state index contributed by atoms with van der Waals surface area (Å²) in [6.07, 6.45) is 7.21. The second-order valence-electron chi connectivity index (χ2n) is 4.70. The fraction of sp³-hybridized carbons (Fsp3) is 0.692. The van der Waals surface area contributed by atoms with Crippen LogP contribution in [0.15, 0.2) is 17.4 Å². The third-order valence-electron chi connectivity index (χ3n) is 3.52. The molecule has 1 fully saturated rings. The number of nitrogens with one attached hydrogen (secondary N) is 1. The fourth-order valence-electron chi connectivity index (χ4n) is 2.56. The molecule has 0 radical (unpaired) electrons. The smallest absolute Gasteiger partial charge is 0.187 e. The van der Waals surface area contributed by atoms with Crippen LogP contribution >= 0.6 is 11.8 Å². The number of hydrogen-bond donors (Lipinski definition) is 1. The molecule has 1 aromatic rings. The standard InChI is InChI=1S/C13H21N3S/c1-10-6-8-15-13(16-10)17-9-7-11-4-3-5-12(11)14-2/h6,8,11-12,14H,3-5,7,9H2,1-2H3. The second kappa shape index (κ2) is 6.36. The van der Waals surface area contributed by atoms with Gasteiger partial charge in [0.25, 0.3) is 0 Å². The Bertz CT molecular complexity index is 356. The van der Waals surface area contributed by atoms with Crippen LogP contribution < -0.4 is 5.32 Å². The van der Waals surface area contributed by atoms with E-state index in [2.05, 4.69) is 22.3 Å². The lowest BCUT2D eigenvalue weighted by Crippen LogP contribution is -2.29. The van der Waals surface area contributed by atoms with Crippen molar-refractivity contribution in [2.75, 3.05) is 12.8 Å². The van der Waals surface area contributed by atoms with Gasteiger partial charge in [0.15, 0.2) is 5.16 Å². The van der Waals surface area contributed by atoms with Gasteiger partial charge >= 0.3 is 0 Å². The van der Waals surface area contributed by atoms with E-state index in [0.717, 1.165) is 28.6 Å². The molecule has 1 heterocycles. The van der Waals surface area contributed by atoms with Crippen molar-refractivity contribution in [3.8, 4) is 0 Å². The molecular weight excluding hydrogens is 230 g/mol. The van der Waals surface area contributed by atoms with Gasteiger partial charge < -0.3 is 5.32 Å². The first kappa shape index (κ1) is 12.8. The van der Waals surface area contributed by atoms with Crippen molar-refractivity contribution in [3.63, 3.8) is 0 Å². The number of nitrogens with zero attached hydrogens (tertiary/aromatic N) is 2. The molecule has 2 atom stereocenters. The van der Waals surface area contributed by atoms with Crippen LogP contribution in [0.2, 0.25) is 0 Å². The summed E-state index contributed by atoms with van der Waals surface area (Å²) >= 11 is 1.78. The molecule has 0 aliphatic heterocycles. The molecule has 2 unspecified atom stereocenters. The zero-order chi connectivity index (χ0) is 12.1. The van der Waals surface area contributed by atoms with E-state index >= 15 is 0 Å². The largest absolute Gasteiger partial charge is 0.317 e. The normalized spacial score (nSPS) is 24.1. The van der Waals surface area contributed by atoms with Gasteiger partial charge in [0.1, 0.15) is 0 Å². The Balaban J connectivity index is 1.76. The predicted molar refractivity (Wildman–Crippen MR) is 72.3 cm³/mol. The average Bonchev–Trinajstić information content (AvgIpc) is 2.77. The van der Waals surface area contributed by atoms with Gasteiger partial charge in [0.2, 0.25) is 0 Å². The third kappa shape index (κ3) is 3.68. The molecule has 0 saturated heterocycles. The van der Waals surface area contributed by atoms with Crippen LogP contribution in [-0.2, 0) is 0 Å². The minimum Gasteiger partial charge on any atom is -0.317 e. The first-order valence-electron chi connectivity index (χ1n) is 6.39. The summed E-state index contributed by atoms with van der Waals surface area (Å²) in [7, 11) is 2.08. The quantitative estimate of drug-likeness (QED) is 0.645. The Morgan fingerprint density at radius 2 is 2.35 bits per heavy atom. The third-order valence-corrected chi connectivity index (χ3v) is 4.42. The van der Waals surface area contributed by atoms with Crippen LogP contribution in [0.3, 0.4) is 0 Å². The van der Waals surface area contributed by atoms with Crippen LogP contribution in [-0.4, -0.2) is 28.8 Å². The molecule has 94 valence electrons. The molecule has 3 nitrogen and oxygen atoms in total. The van der Waals surface area contributed by atoms with Gasteiger partial charge in [0.05, 0.1) is 0 Å². The predicted octanol–water partition coefficient (Wildman–Crippen LogP) is 2.66. The van der Waals surface area contributed by atoms with Crippen molar-refractivity contribution in [1.29, 1.82) is 0 Å². The number of aromatic nitrogens is 2. The maximum absolute atomic E-state index is 4.41. The number of thioether (sulfide) groups is 1. The first-order valence-corrected chi connectivity index (χ1v) is 7.38. The van der Waals surface area contributed by atoms with Crippen molar-refractivity contribution < 1.29 is 0 Å². The van der Waals surface area contributed by atoms with Crippen LogP contribution in [0.1, 0.15) is 31.4 Å². The SMILES string of the molecule is CNC1CCCC1CCSc1nccc(C)n1. The molecule has 1 N–H and O–H groups in total. The lowest BCUT2D eigenvalue weighted by molar-refractivity contribution is 0.417. The van der Waals surface area contributed by atoms with Crippen molar-refractivity contribution in [1.82, 2.24) is 15.3 Å². The highest BCUT2D eigenvalue weighted by Gasteiger charge is 2.25. The molecule has 2 rings (SSSR count). The van der Waals surface area contributed by atoms with Crippen molar-refractivity contribution in [3.05, 3.63) is 18.0 Å². The number of aryl methyl sites for hydroxylation is 1. The summed E-state index contributed by atoms with van der Waals surface area (Å²) in [5.74, 6) is 1.98. The van der Waals surface area contributed by atoms with Crippen LogP contribution in [0.5, 0.6) is 0 Å². The molecule has 0 amide bonds. The molecule has 1 aliphatic carbocycles. The van der Waals surface area contributed by atoms with Crippen LogP contribution in [0.4, 0.5) is 0 Å². The summed E-state index contributed by atoms with van der Waals surface area (Å²) in [6.45, 7) is 2.01. The Morgan fingerprint density at radius 3 is 3.12 bits per heavy atom. The highest BCUT2D eigenvalue weighted by molar-refractivity contribution is 7.99. The van der Waals surface area contributed by atoms with E-state index in [1.807, 2.05) is 19.2 Å². The van der Waals surface area contributed by atoms with E-state index in [1.54, 1.807) is 11.8 Å². The molecule has 0 bridgehead atoms. The van der Waals surface area contributed by atoms with Gasteiger partial charge in [-0.1, -0.05) is 18.2 Å². The average molecular weight is 251 g/mol. The zero-order valence-corrected chi connectivity index (χ0v) is 11.5. The van der Waals surface area contributed by atoms with E-state index in [0.29, 0.717) is 0 Å². The van der Waals surface area contributed by atoms with Gasteiger partial charge in [-0.3, -0.25) is 0 Å². The van der Waals surface area contributed by atoms with E-state index in [-0.39, 0.29) is 0 Å². The summed E-state index contributed by atoms with van der Waals surface area (Å²) in [6, 6.07) is 2.67. The lowest BCUT2D eigenvalue weighted by Gasteiger charge is -2.18. The Labute approximate surface area is 108 Å². The van der Waals surface area contributed by atoms with Gasteiger partial charge in [-0.2, -0.15) is 0 Å². The molecular formula is C13H21N3S. The maximum atomic E-state index is 4.41. The maximum Gasteiger partial charge on any atom is 0.187 e.